The molecule has 1 aliphatic heterocycles. The fourth-order valence-electron chi connectivity index (χ4n) is 3.22. The third kappa shape index (κ3) is 4.84. The molecule has 2 rings (SSSR count). The molecule has 0 saturated carbocycles. The average molecular weight is 352 g/mol. The standard InChI is InChI=1S/C18H26BrNO/c1-12(11-18(2,3)4)9-15(19)13-5-7-16-14(10-13)6-8-17(21)20-16/h5,7,10,12,15H,6,8-9,11H2,1-4H3,(H,20,21). The molecule has 1 aliphatic rings. The number of hydrogen-bond donors (Lipinski definition) is 1. The number of rotatable bonds is 4. The summed E-state index contributed by atoms with van der Waals surface area (Å²) in [5, 5.41) is 2.94. The molecule has 2 unspecified atom stereocenters. The maximum atomic E-state index is 11.4. The van der Waals surface area contributed by atoms with Crippen molar-refractivity contribution in [2.24, 2.45) is 11.3 Å². The van der Waals surface area contributed by atoms with Crippen LogP contribution in [-0.4, -0.2) is 5.91 Å². The molecular formula is C18H26BrNO. The molecule has 1 heterocycles. The number of carbonyl (C=O) groups excluding carboxylic acids is 1. The van der Waals surface area contributed by atoms with Gasteiger partial charge < -0.3 is 5.32 Å². The van der Waals surface area contributed by atoms with Crippen molar-refractivity contribution in [3.05, 3.63) is 29.3 Å². The fourth-order valence-corrected chi connectivity index (χ4v) is 4.14. The van der Waals surface area contributed by atoms with Gasteiger partial charge >= 0.3 is 0 Å². The molecule has 0 saturated heterocycles. The lowest BCUT2D eigenvalue weighted by molar-refractivity contribution is -0.116. The Kier molecular flexibility index (Phi) is 5.13. The topological polar surface area (TPSA) is 29.1 Å². The van der Waals surface area contributed by atoms with Crippen molar-refractivity contribution in [2.45, 2.75) is 58.2 Å². The van der Waals surface area contributed by atoms with Crippen molar-refractivity contribution in [1.82, 2.24) is 0 Å². The van der Waals surface area contributed by atoms with Crippen LogP contribution in [-0.2, 0) is 11.2 Å². The second-order valence-corrected chi connectivity index (χ2v) is 8.64. The van der Waals surface area contributed by atoms with Gasteiger partial charge in [0.15, 0.2) is 0 Å². The number of nitrogens with one attached hydrogen (secondary N) is 1. The SMILES string of the molecule is CC(CC(Br)c1ccc2c(c1)CCC(=O)N2)CC(C)(C)C. The van der Waals surface area contributed by atoms with Crippen LogP contribution in [0.1, 0.15) is 62.9 Å². The molecule has 0 bridgehead atoms. The van der Waals surface area contributed by atoms with E-state index in [1.165, 1.54) is 17.5 Å². The minimum absolute atomic E-state index is 0.129. The molecule has 2 nitrogen and oxygen atoms in total. The molecule has 1 aromatic carbocycles. The number of carbonyl (C=O) groups is 1. The first-order chi connectivity index (χ1) is 9.74. The second-order valence-electron chi connectivity index (χ2n) is 7.54. The van der Waals surface area contributed by atoms with Crippen LogP contribution >= 0.6 is 15.9 Å². The van der Waals surface area contributed by atoms with Crippen molar-refractivity contribution < 1.29 is 4.79 Å². The summed E-state index contributed by atoms with van der Waals surface area (Å²) < 4.78 is 0. The Labute approximate surface area is 136 Å². The van der Waals surface area contributed by atoms with Gasteiger partial charge in [-0.1, -0.05) is 55.8 Å². The third-order valence-corrected chi connectivity index (χ3v) is 4.86. The largest absolute Gasteiger partial charge is 0.326 e. The van der Waals surface area contributed by atoms with E-state index in [2.05, 4.69) is 61.1 Å². The molecule has 2 atom stereocenters. The zero-order valence-corrected chi connectivity index (χ0v) is 15.1. The zero-order chi connectivity index (χ0) is 15.6. The van der Waals surface area contributed by atoms with Gasteiger partial charge in [-0.15, -0.1) is 0 Å². The Hall–Kier alpha value is -0.830. The van der Waals surface area contributed by atoms with E-state index in [1.54, 1.807) is 0 Å². The van der Waals surface area contributed by atoms with E-state index < -0.39 is 0 Å². The van der Waals surface area contributed by atoms with E-state index in [0.29, 0.717) is 22.6 Å². The Morgan fingerprint density at radius 1 is 1.29 bits per heavy atom. The van der Waals surface area contributed by atoms with Gasteiger partial charge in [-0.3, -0.25) is 4.79 Å². The third-order valence-electron chi connectivity index (χ3n) is 3.96. The fraction of sp³-hybridized carbons (Fsp3) is 0.611. The Bertz CT molecular complexity index is 518. The number of halogens is 1. The van der Waals surface area contributed by atoms with Gasteiger partial charge in [0, 0.05) is 16.9 Å². The van der Waals surface area contributed by atoms with Gasteiger partial charge in [0.05, 0.1) is 0 Å². The predicted octanol–water partition coefficient (Wildman–Crippen LogP) is 5.47. The maximum Gasteiger partial charge on any atom is 0.224 e. The van der Waals surface area contributed by atoms with E-state index in [0.717, 1.165) is 18.5 Å². The summed E-state index contributed by atoms with van der Waals surface area (Å²) in [6, 6.07) is 6.43. The highest BCUT2D eigenvalue weighted by molar-refractivity contribution is 9.09. The molecule has 0 aliphatic carbocycles. The Balaban J connectivity index is 2.03. The smallest absolute Gasteiger partial charge is 0.224 e. The van der Waals surface area contributed by atoms with Gasteiger partial charge in [-0.25, -0.2) is 0 Å². The molecule has 1 aromatic rings. The van der Waals surface area contributed by atoms with Crippen LogP contribution in [0.15, 0.2) is 18.2 Å². The first-order valence-corrected chi connectivity index (χ1v) is 8.73. The van der Waals surface area contributed by atoms with Gasteiger partial charge in [-0.2, -0.15) is 0 Å². The van der Waals surface area contributed by atoms with E-state index in [9.17, 15) is 4.79 Å². The molecule has 1 amide bonds. The number of anilines is 1. The Morgan fingerprint density at radius 2 is 2.00 bits per heavy atom. The van der Waals surface area contributed by atoms with Crippen LogP contribution in [0.2, 0.25) is 0 Å². The number of hydrogen-bond acceptors (Lipinski definition) is 1. The molecule has 1 N–H and O–H groups in total. The minimum atomic E-state index is 0.129. The van der Waals surface area contributed by atoms with E-state index in [-0.39, 0.29) is 5.91 Å². The number of alkyl halides is 1. The summed E-state index contributed by atoms with van der Waals surface area (Å²) in [6.07, 6.45) is 3.83. The normalized spacial score (nSPS) is 17.9. The molecule has 0 fully saturated rings. The highest BCUT2D eigenvalue weighted by Gasteiger charge is 2.20. The summed E-state index contributed by atoms with van der Waals surface area (Å²) >= 11 is 3.85. The van der Waals surface area contributed by atoms with Crippen LogP contribution in [0.25, 0.3) is 0 Å². The van der Waals surface area contributed by atoms with Crippen molar-refractivity contribution >= 4 is 27.5 Å². The quantitative estimate of drug-likeness (QED) is 0.716. The lowest BCUT2D eigenvalue weighted by atomic mass is 9.83. The number of benzene rings is 1. The van der Waals surface area contributed by atoms with Crippen LogP contribution < -0.4 is 5.32 Å². The Morgan fingerprint density at radius 3 is 2.67 bits per heavy atom. The number of aryl methyl sites for hydroxylation is 1. The monoisotopic (exact) mass is 351 g/mol. The lowest BCUT2D eigenvalue weighted by Crippen LogP contribution is -2.19. The molecule has 21 heavy (non-hydrogen) atoms. The summed E-state index contributed by atoms with van der Waals surface area (Å²) in [5.74, 6) is 0.814. The predicted molar refractivity (Wildman–Crippen MR) is 92.9 cm³/mol. The average Bonchev–Trinajstić information content (AvgIpc) is 2.35. The van der Waals surface area contributed by atoms with Gasteiger partial charge in [-0.05, 0) is 47.8 Å². The van der Waals surface area contributed by atoms with Crippen molar-refractivity contribution in [2.75, 3.05) is 5.32 Å². The molecule has 0 aromatic heterocycles. The first kappa shape index (κ1) is 16.5. The number of fused-ring (bicyclic) bond motifs is 1. The molecule has 0 radical (unpaired) electrons. The summed E-state index contributed by atoms with van der Waals surface area (Å²) in [6.45, 7) is 9.23. The van der Waals surface area contributed by atoms with E-state index >= 15 is 0 Å². The van der Waals surface area contributed by atoms with Crippen LogP contribution in [0.3, 0.4) is 0 Å². The van der Waals surface area contributed by atoms with Gasteiger partial charge in [0.25, 0.3) is 0 Å². The highest BCUT2D eigenvalue weighted by atomic mass is 79.9. The number of amides is 1. The molecular weight excluding hydrogens is 326 g/mol. The summed E-state index contributed by atoms with van der Waals surface area (Å²) in [4.78, 5) is 11.8. The van der Waals surface area contributed by atoms with Gasteiger partial charge in [0.2, 0.25) is 5.91 Å². The zero-order valence-electron chi connectivity index (χ0n) is 13.5. The van der Waals surface area contributed by atoms with E-state index in [1.807, 2.05) is 6.07 Å². The van der Waals surface area contributed by atoms with E-state index in [4.69, 9.17) is 0 Å². The maximum absolute atomic E-state index is 11.4. The van der Waals surface area contributed by atoms with Crippen LogP contribution in [0.4, 0.5) is 5.69 Å². The van der Waals surface area contributed by atoms with Crippen molar-refractivity contribution in [3.63, 3.8) is 0 Å². The minimum Gasteiger partial charge on any atom is -0.326 e. The molecule has 3 heteroatoms. The van der Waals surface area contributed by atoms with Crippen LogP contribution in [0.5, 0.6) is 0 Å². The summed E-state index contributed by atoms with van der Waals surface area (Å²) in [7, 11) is 0. The first-order valence-electron chi connectivity index (χ1n) is 7.81. The lowest BCUT2D eigenvalue weighted by Gasteiger charge is -2.25. The molecule has 116 valence electrons. The molecule has 0 spiro atoms. The van der Waals surface area contributed by atoms with Crippen LogP contribution in [0, 0.1) is 11.3 Å². The highest BCUT2D eigenvalue weighted by Crippen LogP contribution is 2.36. The van der Waals surface area contributed by atoms with Crippen molar-refractivity contribution in [3.8, 4) is 0 Å². The second kappa shape index (κ2) is 6.51. The summed E-state index contributed by atoms with van der Waals surface area (Å²) in [5.41, 5.74) is 3.95. The van der Waals surface area contributed by atoms with Gasteiger partial charge in [0.1, 0.15) is 0 Å². The van der Waals surface area contributed by atoms with Crippen molar-refractivity contribution in [1.29, 1.82) is 0 Å².